The van der Waals surface area contributed by atoms with Gasteiger partial charge in [0.2, 0.25) is 0 Å². The zero-order valence-corrected chi connectivity index (χ0v) is 15.8. The van der Waals surface area contributed by atoms with Crippen molar-refractivity contribution >= 4 is 28.9 Å². The number of hydrogen-bond acceptors (Lipinski definition) is 2. The molecule has 0 bridgehead atoms. The van der Waals surface area contributed by atoms with E-state index in [0.717, 1.165) is 16.7 Å². The summed E-state index contributed by atoms with van der Waals surface area (Å²) in [6, 6.07) is 4.67. The first-order valence-corrected chi connectivity index (χ1v) is 8.38. The minimum atomic E-state index is -0.996. The van der Waals surface area contributed by atoms with Crippen molar-refractivity contribution in [2.24, 2.45) is 0 Å². The van der Waals surface area contributed by atoms with E-state index < -0.39 is 17.7 Å². The van der Waals surface area contributed by atoms with Gasteiger partial charge in [0.1, 0.15) is 5.82 Å². The molecule has 0 saturated carbocycles. The predicted molar refractivity (Wildman–Crippen MR) is 147 cm³/mol. The van der Waals surface area contributed by atoms with Crippen LogP contribution in [0.4, 0.5) is 15.8 Å². The first-order chi connectivity index (χ1) is 14.9. The van der Waals surface area contributed by atoms with Crippen LogP contribution in [0.5, 0.6) is 0 Å². The van der Waals surface area contributed by atoms with Gasteiger partial charge in [-0.25, -0.2) is 4.39 Å². The molecular weight excluding hydrogens is 341 g/mol. The lowest BCUT2D eigenvalue weighted by molar-refractivity contribution is -0.136. The molecule has 0 radical (unpaired) electrons. The van der Waals surface area contributed by atoms with E-state index in [9.17, 15) is 14.3 Å². The Kier molecular flexibility index (Phi) is 4.21. The molecule has 5 heteroatoms. The maximum atomic E-state index is 14.3. The molecule has 0 heterocycles. The van der Waals surface area contributed by atoms with E-state index in [0.29, 0.717) is 16.8 Å². The standard InChI is InChI=1S/C20H23ClFNO2.22H2/c1-10(2)18-12(4)8-16(14(13(18)5)9-17(24)25)23-20-15(22)7-6-11(3)19(20)21;;;;;;;;;;;;;;;;;;;;;;/h6-8,10,23H,9H2,1-5H3,(H,24,25);22*1H/i10D;3*1+1D;;;;;;;;;;;;;;;;;;;. The van der Waals surface area contributed by atoms with Gasteiger partial charge in [-0.1, -0.05) is 31.5 Å². The molecule has 178 valence electrons. The van der Waals surface area contributed by atoms with Gasteiger partial charge in [-0.05, 0) is 66.6 Å². The average molecular weight is 415 g/mol. The molecule has 0 unspecified atom stereocenters. The fourth-order valence-corrected chi connectivity index (χ4v) is 3.39. The predicted octanol–water partition coefficient (Wildman–Crippen LogP) is 11.3. The summed E-state index contributed by atoms with van der Waals surface area (Å²) in [5.41, 5.74) is 4.18. The minimum Gasteiger partial charge on any atom is -0.481 e. The van der Waals surface area contributed by atoms with E-state index in [1.54, 1.807) is 39.8 Å². The molecule has 2 aromatic carbocycles. The topological polar surface area (TPSA) is 49.3 Å². The largest absolute Gasteiger partial charge is 0.481 e. The summed E-state index contributed by atoms with van der Waals surface area (Å²) in [6.45, 7) is 8.96. The number of halogens is 2. The quantitative estimate of drug-likeness (QED) is 0.510. The summed E-state index contributed by atoms with van der Waals surface area (Å²) in [5, 5.41) is 12.6. The third-order valence-corrected chi connectivity index (χ3v) is 4.77. The fraction of sp³-hybridized carbons (Fsp3) is 0.350. The number of anilines is 2. The monoisotopic (exact) mass is 415 g/mol. The lowest BCUT2D eigenvalue weighted by Crippen LogP contribution is -2.10. The van der Waals surface area contributed by atoms with Gasteiger partial charge in [-0.3, -0.25) is 4.79 Å². The Bertz CT molecular complexity index is 920. The maximum absolute atomic E-state index is 14.3. The number of carboxylic acids is 1. The van der Waals surface area contributed by atoms with Crippen LogP contribution < -0.4 is 5.32 Å². The van der Waals surface area contributed by atoms with Gasteiger partial charge in [0.15, 0.2) is 0 Å². The van der Waals surface area contributed by atoms with Gasteiger partial charge in [-0.15, -0.1) is 0 Å². The van der Waals surface area contributed by atoms with Gasteiger partial charge in [0, 0.05) is 43.1 Å². The molecule has 0 spiro atoms. The molecule has 0 fully saturated rings. The summed E-state index contributed by atoms with van der Waals surface area (Å²) in [5.74, 6) is -2.39. The Morgan fingerprint density at radius 2 is 2.08 bits per heavy atom. The summed E-state index contributed by atoms with van der Waals surface area (Å²) in [6.07, 6.45) is -0.234. The van der Waals surface area contributed by atoms with E-state index >= 15 is 0 Å². The number of benzene rings is 2. The van der Waals surface area contributed by atoms with Crippen LogP contribution in [0, 0.1) is 26.6 Å². The van der Waals surface area contributed by atoms with Crippen LogP contribution >= 0.6 is 11.6 Å². The first kappa shape index (κ1) is 14.1. The van der Waals surface area contributed by atoms with E-state index in [-0.39, 0.29) is 44.2 Å². The SMILES string of the molecule is [2H]C(C)(C)c1c(C)cc(Nc2c(F)ccc(C)c2Cl)c(CC(=O)O)c1C.[2H][2H].[2H][2H].[2H][2H].[HH].[HH].[HH].[HH].[HH].[HH].[HH].[HH].[HH].[HH].[HH].[HH].[HH].[HH].[HH].[HH].[HH].[HH].[HH]. The lowest BCUT2D eigenvalue weighted by Gasteiger charge is -2.22. The van der Waals surface area contributed by atoms with Crippen molar-refractivity contribution in [3.8, 4) is 0 Å². The molecule has 2 rings (SSSR count). The molecular formula is C20H67ClFNO2. The third kappa shape index (κ3) is 3.96. The van der Waals surface area contributed by atoms with Crippen LogP contribution in [-0.4, -0.2) is 11.1 Å². The molecule has 0 aliphatic rings. The normalized spacial score (nSPS) is 13.0. The van der Waals surface area contributed by atoms with Crippen LogP contribution in [0.2, 0.25) is 5.02 Å². The Balaban J connectivity index is -0.0000000180. The van der Waals surface area contributed by atoms with Gasteiger partial charge in [0.25, 0.3) is 0 Å². The average Bonchev–Trinajstić information content (AvgIpc) is 2.74. The zero-order valence-electron chi connectivity index (χ0n) is 22.1. The van der Waals surface area contributed by atoms with Crippen molar-refractivity contribution in [3.05, 3.63) is 56.9 Å². The van der Waals surface area contributed by atoms with Crippen molar-refractivity contribution in [2.75, 3.05) is 5.32 Å². The Morgan fingerprint density at radius 1 is 1.44 bits per heavy atom. The molecule has 2 N–H and O–H groups in total. The molecule has 0 aliphatic carbocycles. The number of aryl methyl sites for hydroxylation is 2. The first-order valence-electron chi connectivity index (χ1n) is 11.5. The molecule has 3 nitrogen and oxygen atoms in total. The second-order valence-corrected chi connectivity index (χ2v) is 6.85. The van der Waals surface area contributed by atoms with Crippen molar-refractivity contribution in [1.29, 1.82) is 0 Å². The van der Waals surface area contributed by atoms with Crippen molar-refractivity contribution in [2.45, 2.75) is 46.9 Å². The van der Waals surface area contributed by atoms with Crippen molar-refractivity contribution < 1.29 is 51.7 Å². The Labute approximate surface area is 191 Å². The molecule has 25 heavy (non-hydrogen) atoms. The molecule has 0 amide bonds. The number of carboxylic acid groups (broad SMARTS) is 1. The van der Waals surface area contributed by atoms with Crippen LogP contribution in [0.25, 0.3) is 0 Å². The fourth-order valence-electron chi connectivity index (χ4n) is 3.19. The Hall–Kier alpha value is -2.07. The van der Waals surface area contributed by atoms with E-state index in [1.807, 2.05) is 6.92 Å². The number of carbonyl (C=O) groups is 1. The second kappa shape index (κ2) is 7.44. The molecule has 0 aliphatic heterocycles. The van der Waals surface area contributed by atoms with Crippen molar-refractivity contribution in [3.63, 3.8) is 0 Å². The molecule has 0 saturated heterocycles. The number of aliphatic carboxylic acids is 1. The van der Waals surface area contributed by atoms with Crippen LogP contribution in [0.15, 0.2) is 18.2 Å². The van der Waals surface area contributed by atoms with E-state index in [4.69, 9.17) is 21.9 Å². The van der Waals surface area contributed by atoms with E-state index in [1.165, 1.54) is 6.07 Å². The highest BCUT2D eigenvalue weighted by atomic mass is 35.5. The summed E-state index contributed by atoms with van der Waals surface area (Å²) in [4.78, 5) is 11.4. The maximum Gasteiger partial charge on any atom is 0.307 e. The second-order valence-electron chi connectivity index (χ2n) is 6.47. The van der Waals surface area contributed by atoms with Gasteiger partial charge >= 0.3 is 5.97 Å². The highest BCUT2D eigenvalue weighted by Gasteiger charge is 2.19. The van der Waals surface area contributed by atoms with E-state index in [2.05, 4.69) is 5.32 Å². The molecule has 0 atom stereocenters. The molecule has 0 aromatic heterocycles. The summed E-state index contributed by atoms with van der Waals surface area (Å²) >= 11 is 6.24. The number of rotatable bonds is 5. The van der Waals surface area contributed by atoms with Gasteiger partial charge in [0.05, 0.1) is 17.1 Å². The summed E-state index contributed by atoms with van der Waals surface area (Å²) < 4.78 is 52.7. The number of nitrogens with one attached hydrogen (secondary N) is 1. The minimum absolute atomic E-state index is 0. The highest BCUT2D eigenvalue weighted by Crippen LogP contribution is 2.36. The van der Waals surface area contributed by atoms with Crippen LogP contribution in [-0.2, 0) is 11.2 Å². The van der Waals surface area contributed by atoms with Gasteiger partial charge in [-0.2, -0.15) is 0 Å². The Morgan fingerprint density at radius 3 is 2.64 bits per heavy atom. The molecule has 2 aromatic rings. The number of hydrogen-bond donors (Lipinski definition) is 2. The van der Waals surface area contributed by atoms with Gasteiger partial charge < -0.3 is 10.4 Å². The lowest BCUT2D eigenvalue weighted by atomic mass is 9.88. The smallest absolute Gasteiger partial charge is 0.307 e. The van der Waals surface area contributed by atoms with Crippen molar-refractivity contribution in [1.82, 2.24) is 0 Å². The highest BCUT2D eigenvalue weighted by molar-refractivity contribution is 6.34. The van der Waals surface area contributed by atoms with Crippen LogP contribution in [0.3, 0.4) is 0 Å². The third-order valence-electron chi connectivity index (χ3n) is 4.28. The van der Waals surface area contributed by atoms with Crippen LogP contribution in [0.1, 0.15) is 84.9 Å². The summed E-state index contributed by atoms with van der Waals surface area (Å²) in [7, 11) is 0. The zero-order chi connectivity index (χ0) is 25.8.